The SMILES string of the molecule is C=Cc1ccc(-c2cc(-c3ccccc3)nc(-c3ccccc3)c2)cc1. The fourth-order valence-corrected chi connectivity index (χ4v) is 3.02. The first-order valence-electron chi connectivity index (χ1n) is 8.69. The van der Waals surface area contributed by atoms with Gasteiger partial charge in [-0.15, -0.1) is 0 Å². The zero-order chi connectivity index (χ0) is 17.8. The Morgan fingerprint density at radius 2 is 1.04 bits per heavy atom. The molecule has 0 bridgehead atoms. The molecule has 4 aromatic rings. The van der Waals surface area contributed by atoms with Gasteiger partial charge < -0.3 is 0 Å². The first kappa shape index (κ1) is 16.0. The number of hydrogen-bond acceptors (Lipinski definition) is 1. The molecule has 0 amide bonds. The molecule has 0 atom stereocenters. The molecule has 0 aliphatic heterocycles. The molecule has 1 heteroatoms. The number of benzene rings is 3. The minimum atomic E-state index is 0.981. The van der Waals surface area contributed by atoms with Gasteiger partial charge in [0.25, 0.3) is 0 Å². The lowest BCUT2D eigenvalue weighted by Crippen LogP contribution is -1.91. The highest BCUT2D eigenvalue weighted by molar-refractivity contribution is 5.77. The summed E-state index contributed by atoms with van der Waals surface area (Å²) in [5, 5.41) is 0. The molecule has 0 fully saturated rings. The lowest BCUT2D eigenvalue weighted by Gasteiger charge is -2.10. The molecule has 1 heterocycles. The molecule has 0 aliphatic rings. The van der Waals surface area contributed by atoms with E-state index in [4.69, 9.17) is 4.98 Å². The van der Waals surface area contributed by atoms with Crippen LogP contribution in [0, 0.1) is 0 Å². The maximum Gasteiger partial charge on any atom is 0.0715 e. The standard InChI is InChI=1S/C25H19N/c1-2-19-13-15-20(16-14-19)23-17-24(21-9-5-3-6-10-21)26-25(18-23)22-11-7-4-8-12-22/h2-18H,1H2. The number of aromatic nitrogens is 1. The summed E-state index contributed by atoms with van der Waals surface area (Å²) < 4.78 is 0. The second kappa shape index (κ2) is 7.20. The Balaban J connectivity index is 1.88. The third-order valence-corrected chi connectivity index (χ3v) is 4.44. The second-order valence-electron chi connectivity index (χ2n) is 6.18. The van der Waals surface area contributed by atoms with Gasteiger partial charge in [0.15, 0.2) is 0 Å². The van der Waals surface area contributed by atoms with Crippen LogP contribution in [-0.4, -0.2) is 4.98 Å². The maximum atomic E-state index is 4.92. The molecule has 0 saturated heterocycles. The van der Waals surface area contributed by atoms with Crippen molar-refractivity contribution in [2.75, 3.05) is 0 Å². The molecule has 26 heavy (non-hydrogen) atoms. The third kappa shape index (κ3) is 3.33. The van der Waals surface area contributed by atoms with Gasteiger partial charge in [-0.25, -0.2) is 4.98 Å². The van der Waals surface area contributed by atoms with Crippen molar-refractivity contribution in [2.24, 2.45) is 0 Å². The number of hydrogen-bond donors (Lipinski definition) is 0. The average Bonchev–Trinajstić information content (AvgIpc) is 2.75. The van der Waals surface area contributed by atoms with E-state index in [2.05, 4.69) is 67.2 Å². The third-order valence-electron chi connectivity index (χ3n) is 4.44. The van der Waals surface area contributed by atoms with E-state index in [-0.39, 0.29) is 0 Å². The normalized spacial score (nSPS) is 10.5. The highest BCUT2D eigenvalue weighted by atomic mass is 14.7. The van der Waals surface area contributed by atoms with Crippen LogP contribution in [0.25, 0.3) is 39.7 Å². The highest BCUT2D eigenvalue weighted by Crippen LogP contribution is 2.30. The van der Waals surface area contributed by atoms with Crippen LogP contribution in [0.15, 0.2) is 104 Å². The Labute approximate surface area is 154 Å². The summed E-state index contributed by atoms with van der Waals surface area (Å²) in [6.45, 7) is 3.83. The van der Waals surface area contributed by atoms with Gasteiger partial charge in [-0.3, -0.25) is 0 Å². The van der Waals surface area contributed by atoms with Crippen molar-refractivity contribution in [1.29, 1.82) is 0 Å². The summed E-state index contributed by atoms with van der Waals surface area (Å²) in [7, 11) is 0. The lowest BCUT2D eigenvalue weighted by atomic mass is 9.99. The van der Waals surface area contributed by atoms with Crippen LogP contribution in [-0.2, 0) is 0 Å². The summed E-state index contributed by atoms with van der Waals surface area (Å²) in [4.78, 5) is 4.92. The zero-order valence-electron chi connectivity index (χ0n) is 14.5. The van der Waals surface area contributed by atoms with E-state index < -0.39 is 0 Å². The van der Waals surface area contributed by atoms with Gasteiger partial charge in [0, 0.05) is 11.1 Å². The van der Waals surface area contributed by atoms with Crippen molar-refractivity contribution in [2.45, 2.75) is 0 Å². The van der Waals surface area contributed by atoms with Gasteiger partial charge in [0.1, 0.15) is 0 Å². The maximum absolute atomic E-state index is 4.92. The highest BCUT2D eigenvalue weighted by Gasteiger charge is 2.08. The molecular weight excluding hydrogens is 314 g/mol. The number of nitrogens with zero attached hydrogens (tertiary/aromatic N) is 1. The predicted octanol–water partition coefficient (Wildman–Crippen LogP) is 6.73. The van der Waals surface area contributed by atoms with E-state index in [1.165, 1.54) is 5.56 Å². The molecule has 0 saturated carbocycles. The Morgan fingerprint density at radius 3 is 1.50 bits per heavy atom. The fraction of sp³-hybridized carbons (Fsp3) is 0. The Kier molecular flexibility index (Phi) is 4.44. The van der Waals surface area contributed by atoms with Crippen molar-refractivity contribution in [3.63, 3.8) is 0 Å². The van der Waals surface area contributed by atoms with E-state index in [1.54, 1.807) is 0 Å². The van der Waals surface area contributed by atoms with Gasteiger partial charge in [-0.05, 0) is 28.8 Å². The van der Waals surface area contributed by atoms with Gasteiger partial charge in [-0.2, -0.15) is 0 Å². The van der Waals surface area contributed by atoms with Gasteiger partial charge in [-0.1, -0.05) is 97.6 Å². The van der Waals surface area contributed by atoms with Crippen LogP contribution in [0.3, 0.4) is 0 Å². The summed E-state index contributed by atoms with van der Waals surface area (Å²) >= 11 is 0. The van der Waals surface area contributed by atoms with Crippen molar-refractivity contribution in [3.8, 4) is 33.6 Å². The molecule has 0 aliphatic carbocycles. The van der Waals surface area contributed by atoms with Gasteiger partial charge in [0.05, 0.1) is 11.4 Å². The smallest absolute Gasteiger partial charge is 0.0715 e. The minimum absolute atomic E-state index is 0.981. The Bertz CT molecular complexity index is 959. The molecule has 1 aromatic heterocycles. The van der Waals surface area contributed by atoms with E-state index in [9.17, 15) is 0 Å². The summed E-state index contributed by atoms with van der Waals surface area (Å²) in [6.07, 6.45) is 1.86. The van der Waals surface area contributed by atoms with Gasteiger partial charge in [0.2, 0.25) is 0 Å². The van der Waals surface area contributed by atoms with E-state index >= 15 is 0 Å². The molecule has 0 spiro atoms. The predicted molar refractivity (Wildman–Crippen MR) is 111 cm³/mol. The number of rotatable bonds is 4. The van der Waals surface area contributed by atoms with Crippen LogP contribution in [0.5, 0.6) is 0 Å². The molecule has 1 nitrogen and oxygen atoms in total. The molecular formula is C25H19N. The average molecular weight is 333 g/mol. The Hall–Kier alpha value is -3.45. The van der Waals surface area contributed by atoms with Crippen LogP contribution < -0.4 is 0 Å². The van der Waals surface area contributed by atoms with Crippen molar-refractivity contribution in [1.82, 2.24) is 4.98 Å². The summed E-state index contributed by atoms with van der Waals surface area (Å²) in [5.41, 5.74) is 7.66. The topological polar surface area (TPSA) is 12.9 Å². The van der Waals surface area contributed by atoms with Crippen molar-refractivity contribution in [3.05, 3.63) is 109 Å². The molecule has 0 unspecified atom stereocenters. The first-order chi connectivity index (χ1) is 12.8. The fourth-order valence-electron chi connectivity index (χ4n) is 3.02. The molecule has 124 valence electrons. The van der Waals surface area contributed by atoms with Crippen molar-refractivity contribution < 1.29 is 0 Å². The van der Waals surface area contributed by atoms with E-state index in [0.29, 0.717) is 0 Å². The monoisotopic (exact) mass is 333 g/mol. The van der Waals surface area contributed by atoms with Crippen LogP contribution in [0.1, 0.15) is 5.56 Å². The van der Waals surface area contributed by atoms with Crippen LogP contribution in [0.4, 0.5) is 0 Å². The second-order valence-corrected chi connectivity index (χ2v) is 6.18. The molecule has 0 radical (unpaired) electrons. The largest absolute Gasteiger partial charge is 0.248 e. The van der Waals surface area contributed by atoms with E-state index in [1.807, 2.05) is 42.5 Å². The summed E-state index contributed by atoms with van der Waals surface area (Å²) in [6, 6.07) is 33.4. The van der Waals surface area contributed by atoms with Gasteiger partial charge >= 0.3 is 0 Å². The van der Waals surface area contributed by atoms with E-state index in [0.717, 1.165) is 33.6 Å². The Morgan fingerprint density at radius 1 is 0.538 bits per heavy atom. The lowest BCUT2D eigenvalue weighted by molar-refractivity contribution is 1.32. The van der Waals surface area contributed by atoms with Crippen LogP contribution in [0.2, 0.25) is 0 Å². The molecule has 0 N–H and O–H groups in total. The minimum Gasteiger partial charge on any atom is -0.248 e. The van der Waals surface area contributed by atoms with Crippen LogP contribution >= 0.6 is 0 Å². The number of pyridine rings is 1. The zero-order valence-corrected chi connectivity index (χ0v) is 14.5. The summed E-state index contributed by atoms with van der Waals surface area (Å²) in [5.74, 6) is 0. The first-order valence-corrected chi connectivity index (χ1v) is 8.69. The van der Waals surface area contributed by atoms with Crippen molar-refractivity contribution >= 4 is 6.08 Å². The molecule has 4 rings (SSSR count). The quantitative estimate of drug-likeness (QED) is 0.403. The molecule has 3 aromatic carbocycles.